The number of aliphatic carboxylic acids is 1. The SMILES string of the molecule is COC(=O)[C@@]1(OCC(=O)O)C[C@H](O)[C@@H](NC(C)=O)[C@H]([C@H](O)[C@@H](CO)OC)O1. The van der Waals surface area contributed by atoms with Crippen LogP contribution in [-0.2, 0) is 33.3 Å². The summed E-state index contributed by atoms with van der Waals surface area (Å²) >= 11 is 0. The van der Waals surface area contributed by atoms with Gasteiger partial charge in [0.15, 0.2) is 0 Å². The van der Waals surface area contributed by atoms with E-state index in [1.165, 1.54) is 14.0 Å². The van der Waals surface area contributed by atoms with E-state index in [2.05, 4.69) is 10.1 Å². The van der Waals surface area contributed by atoms with Crippen LogP contribution in [0.1, 0.15) is 13.3 Å². The Bertz CT molecular complexity index is 538. The molecule has 1 aliphatic heterocycles. The summed E-state index contributed by atoms with van der Waals surface area (Å²) < 4.78 is 20.1. The maximum Gasteiger partial charge on any atom is 0.366 e. The molecule has 1 aliphatic rings. The minimum absolute atomic E-state index is 0.560. The first-order valence-electron chi connectivity index (χ1n) is 8.00. The molecular weight excluding hydrogens is 370 g/mol. The first-order chi connectivity index (χ1) is 12.6. The summed E-state index contributed by atoms with van der Waals surface area (Å²) in [6, 6.07) is -1.20. The summed E-state index contributed by atoms with van der Waals surface area (Å²) in [6.45, 7) is -0.427. The molecule has 1 rings (SSSR count). The maximum atomic E-state index is 12.2. The molecule has 5 N–H and O–H groups in total. The van der Waals surface area contributed by atoms with Gasteiger partial charge in [-0.1, -0.05) is 0 Å². The van der Waals surface area contributed by atoms with Crippen LogP contribution in [0.4, 0.5) is 0 Å². The van der Waals surface area contributed by atoms with Crippen molar-refractivity contribution < 1.29 is 53.8 Å². The number of esters is 1. The first-order valence-corrected chi connectivity index (χ1v) is 8.00. The molecular formula is C15H25NO11. The minimum atomic E-state index is -2.35. The van der Waals surface area contributed by atoms with Gasteiger partial charge in [-0.2, -0.15) is 0 Å². The summed E-state index contributed by atoms with van der Waals surface area (Å²) in [5, 5.41) is 41.5. The van der Waals surface area contributed by atoms with E-state index in [0.717, 1.165) is 7.11 Å². The van der Waals surface area contributed by atoms with Crippen molar-refractivity contribution in [2.24, 2.45) is 0 Å². The number of amides is 1. The molecule has 0 spiro atoms. The van der Waals surface area contributed by atoms with E-state index < -0.39 is 73.7 Å². The van der Waals surface area contributed by atoms with Crippen LogP contribution < -0.4 is 5.32 Å². The molecule has 12 heteroatoms. The molecule has 1 amide bonds. The summed E-state index contributed by atoms with van der Waals surface area (Å²) in [5.41, 5.74) is 0. The van der Waals surface area contributed by atoms with Gasteiger partial charge in [-0.15, -0.1) is 0 Å². The van der Waals surface area contributed by atoms with E-state index in [0.29, 0.717) is 0 Å². The van der Waals surface area contributed by atoms with E-state index >= 15 is 0 Å². The van der Waals surface area contributed by atoms with Gasteiger partial charge in [-0.25, -0.2) is 9.59 Å². The predicted molar refractivity (Wildman–Crippen MR) is 85.3 cm³/mol. The fraction of sp³-hybridized carbons (Fsp3) is 0.800. The fourth-order valence-corrected chi connectivity index (χ4v) is 2.81. The molecule has 0 aromatic heterocycles. The van der Waals surface area contributed by atoms with E-state index in [-0.39, 0.29) is 0 Å². The quantitative estimate of drug-likeness (QED) is 0.251. The van der Waals surface area contributed by atoms with Gasteiger partial charge in [0.25, 0.3) is 5.79 Å². The third-order valence-corrected chi connectivity index (χ3v) is 4.07. The third kappa shape index (κ3) is 5.57. The number of nitrogens with one attached hydrogen (secondary N) is 1. The molecule has 6 atom stereocenters. The van der Waals surface area contributed by atoms with Gasteiger partial charge < -0.3 is 44.7 Å². The third-order valence-electron chi connectivity index (χ3n) is 4.07. The number of hydrogen-bond donors (Lipinski definition) is 5. The number of rotatable bonds is 9. The lowest BCUT2D eigenvalue weighted by molar-refractivity contribution is -0.311. The minimum Gasteiger partial charge on any atom is -0.480 e. The largest absolute Gasteiger partial charge is 0.480 e. The molecule has 27 heavy (non-hydrogen) atoms. The van der Waals surface area contributed by atoms with Crippen LogP contribution in [0.2, 0.25) is 0 Å². The highest BCUT2D eigenvalue weighted by molar-refractivity contribution is 5.79. The predicted octanol–water partition coefficient (Wildman–Crippen LogP) is -3.02. The number of carboxylic acid groups (broad SMARTS) is 1. The number of aliphatic hydroxyl groups excluding tert-OH is 3. The zero-order chi connectivity index (χ0) is 20.8. The molecule has 12 nitrogen and oxygen atoms in total. The topological polar surface area (TPSA) is 181 Å². The zero-order valence-electron chi connectivity index (χ0n) is 15.2. The van der Waals surface area contributed by atoms with E-state index in [9.17, 15) is 29.7 Å². The second-order valence-corrected chi connectivity index (χ2v) is 5.95. The van der Waals surface area contributed by atoms with Crippen molar-refractivity contribution in [2.75, 3.05) is 27.4 Å². The van der Waals surface area contributed by atoms with Crippen molar-refractivity contribution in [1.82, 2.24) is 5.32 Å². The van der Waals surface area contributed by atoms with Crippen molar-refractivity contribution in [2.45, 2.75) is 49.6 Å². The molecule has 156 valence electrons. The van der Waals surface area contributed by atoms with Gasteiger partial charge in [0, 0.05) is 20.5 Å². The number of carbonyl (C=O) groups excluding carboxylic acids is 2. The molecule has 0 aromatic carbocycles. The van der Waals surface area contributed by atoms with Crippen LogP contribution in [0, 0.1) is 0 Å². The normalized spacial score (nSPS) is 30.2. The number of hydrogen-bond acceptors (Lipinski definition) is 10. The average molecular weight is 395 g/mol. The van der Waals surface area contributed by atoms with Gasteiger partial charge in [0.1, 0.15) is 24.9 Å². The van der Waals surface area contributed by atoms with Crippen molar-refractivity contribution in [3.8, 4) is 0 Å². The number of carbonyl (C=O) groups is 3. The number of carboxylic acids is 1. The van der Waals surface area contributed by atoms with E-state index in [1.54, 1.807) is 0 Å². The molecule has 1 heterocycles. The van der Waals surface area contributed by atoms with Crippen molar-refractivity contribution in [3.05, 3.63) is 0 Å². The Hall–Kier alpha value is -1.83. The summed E-state index contributed by atoms with van der Waals surface area (Å²) in [4.78, 5) is 34.5. The van der Waals surface area contributed by atoms with Crippen molar-refractivity contribution in [3.63, 3.8) is 0 Å². The molecule has 0 radical (unpaired) electrons. The highest BCUT2D eigenvalue weighted by atomic mass is 16.7. The van der Waals surface area contributed by atoms with Crippen LogP contribution in [0.3, 0.4) is 0 Å². The highest BCUT2D eigenvalue weighted by Crippen LogP contribution is 2.34. The van der Waals surface area contributed by atoms with E-state index in [4.69, 9.17) is 19.3 Å². The summed E-state index contributed by atoms with van der Waals surface area (Å²) in [6.07, 6.45) is -6.36. The maximum absolute atomic E-state index is 12.2. The smallest absolute Gasteiger partial charge is 0.366 e. The number of ether oxygens (including phenoxy) is 4. The molecule has 0 bridgehead atoms. The molecule has 1 fully saturated rings. The lowest BCUT2D eigenvalue weighted by Crippen LogP contribution is -2.68. The lowest BCUT2D eigenvalue weighted by atomic mass is 9.88. The van der Waals surface area contributed by atoms with Gasteiger partial charge in [0.2, 0.25) is 5.91 Å². The Balaban J connectivity index is 3.29. The lowest BCUT2D eigenvalue weighted by Gasteiger charge is -2.47. The van der Waals surface area contributed by atoms with Gasteiger partial charge >= 0.3 is 11.9 Å². The zero-order valence-corrected chi connectivity index (χ0v) is 15.2. The van der Waals surface area contributed by atoms with Crippen molar-refractivity contribution >= 4 is 17.8 Å². The summed E-state index contributed by atoms with van der Waals surface area (Å²) in [5.74, 6) is -5.46. The monoisotopic (exact) mass is 395 g/mol. The highest BCUT2D eigenvalue weighted by Gasteiger charge is 2.56. The van der Waals surface area contributed by atoms with E-state index in [1.807, 2.05) is 0 Å². The fourth-order valence-electron chi connectivity index (χ4n) is 2.81. The van der Waals surface area contributed by atoms with Crippen molar-refractivity contribution in [1.29, 1.82) is 0 Å². The van der Waals surface area contributed by atoms with Crippen LogP contribution in [0.25, 0.3) is 0 Å². The molecule has 0 aliphatic carbocycles. The van der Waals surface area contributed by atoms with Gasteiger partial charge in [-0.3, -0.25) is 4.79 Å². The Labute approximate surface area is 155 Å². The molecule has 0 unspecified atom stereocenters. The Morgan fingerprint density at radius 3 is 2.41 bits per heavy atom. The summed E-state index contributed by atoms with van der Waals surface area (Å²) in [7, 11) is 2.20. The molecule has 0 aromatic rings. The van der Waals surface area contributed by atoms with Crippen LogP contribution in [0.15, 0.2) is 0 Å². The van der Waals surface area contributed by atoms with Crippen LogP contribution in [-0.4, -0.2) is 102 Å². The average Bonchev–Trinajstić information content (AvgIpc) is 2.61. The second-order valence-electron chi connectivity index (χ2n) is 5.95. The number of aliphatic hydroxyl groups is 3. The molecule has 0 saturated carbocycles. The first kappa shape index (κ1) is 23.2. The van der Waals surface area contributed by atoms with Crippen LogP contribution >= 0.6 is 0 Å². The molecule has 1 saturated heterocycles. The standard InChI is InChI=1S/C15H25NO11/c1-7(18)16-11-8(19)4-15(14(23)25-3,26-6-10(20)21)27-13(11)12(22)9(5-17)24-2/h8-9,11-13,17,19,22H,4-6H2,1-3H3,(H,16,18)(H,20,21)/t8-,9+,11+,12+,13+,15+/m0/s1. The second kappa shape index (κ2) is 9.92. The van der Waals surface area contributed by atoms with Gasteiger partial charge in [0.05, 0.1) is 25.9 Å². The Morgan fingerprint density at radius 1 is 1.33 bits per heavy atom. The number of methoxy groups -OCH3 is 2. The van der Waals surface area contributed by atoms with Gasteiger partial charge in [-0.05, 0) is 0 Å². The Morgan fingerprint density at radius 2 is 1.96 bits per heavy atom. The van der Waals surface area contributed by atoms with Crippen LogP contribution in [0.5, 0.6) is 0 Å². The Kier molecular flexibility index (Phi) is 8.53.